The molecule has 0 saturated heterocycles. The van der Waals surface area contributed by atoms with Gasteiger partial charge in [-0.1, -0.05) is 18.5 Å². The van der Waals surface area contributed by atoms with Crippen molar-refractivity contribution in [3.63, 3.8) is 0 Å². The summed E-state index contributed by atoms with van der Waals surface area (Å²) in [6.45, 7) is 8.19. The van der Waals surface area contributed by atoms with E-state index in [4.69, 9.17) is 11.6 Å². The Balaban J connectivity index is 2.36. The molecule has 3 nitrogen and oxygen atoms in total. The highest BCUT2D eigenvalue weighted by Crippen LogP contribution is 2.31. The van der Waals surface area contributed by atoms with Crippen molar-refractivity contribution in [3.05, 3.63) is 38.8 Å². The van der Waals surface area contributed by atoms with Gasteiger partial charge in [-0.25, -0.2) is 0 Å². The molecule has 0 spiro atoms. The van der Waals surface area contributed by atoms with E-state index in [0.717, 1.165) is 29.5 Å². The molecule has 0 aliphatic rings. The summed E-state index contributed by atoms with van der Waals surface area (Å²) in [5, 5.41) is 8.13. The van der Waals surface area contributed by atoms with Crippen molar-refractivity contribution >= 4 is 22.9 Å². The summed E-state index contributed by atoms with van der Waals surface area (Å²) < 4.78 is 2.90. The van der Waals surface area contributed by atoms with Crippen LogP contribution in [0.25, 0.3) is 0 Å². The Morgan fingerprint density at radius 3 is 2.79 bits per heavy atom. The molecule has 0 aromatic carbocycles. The van der Waals surface area contributed by atoms with E-state index in [2.05, 4.69) is 41.1 Å². The molecule has 0 radical (unpaired) electrons. The van der Waals surface area contributed by atoms with Crippen LogP contribution in [-0.4, -0.2) is 16.3 Å². The quantitative estimate of drug-likeness (QED) is 0.873. The smallest absolute Gasteiger partial charge is 0.0931 e. The van der Waals surface area contributed by atoms with Gasteiger partial charge in [0.2, 0.25) is 0 Å². The molecule has 1 atom stereocenters. The molecule has 1 unspecified atom stereocenters. The van der Waals surface area contributed by atoms with E-state index in [1.807, 2.05) is 13.0 Å². The maximum absolute atomic E-state index is 6.07. The summed E-state index contributed by atoms with van der Waals surface area (Å²) in [6.07, 6.45) is 1.11. The van der Waals surface area contributed by atoms with E-state index in [0.29, 0.717) is 0 Å². The van der Waals surface area contributed by atoms with E-state index in [1.54, 1.807) is 11.3 Å². The van der Waals surface area contributed by atoms with Gasteiger partial charge in [0, 0.05) is 11.4 Å². The van der Waals surface area contributed by atoms with Gasteiger partial charge in [-0.05, 0) is 45.0 Å². The second-order valence-corrected chi connectivity index (χ2v) is 6.30. The van der Waals surface area contributed by atoms with Crippen LogP contribution >= 0.6 is 22.9 Å². The van der Waals surface area contributed by atoms with Crippen LogP contribution in [0.5, 0.6) is 0 Å². The van der Waals surface area contributed by atoms with E-state index in [9.17, 15) is 0 Å². The molecule has 0 saturated carbocycles. The van der Waals surface area contributed by atoms with Crippen molar-refractivity contribution < 1.29 is 0 Å². The first kappa shape index (κ1) is 14.6. The third-order valence-corrected chi connectivity index (χ3v) is 4.30. The van der Waals surface area contributed by atoms with Crippen molar-refractivity contribution in [1.82, 2.24) is 15.1 Å². The molecule has 19 heavy (non-hydrogen) atoms. The summed E-state index contributed by atoms with van der Waals surface area (Å²) >= 11 is 7.70. The molecular formula is C14H20ClN3S. The molecule has 0 fully saturated rings. The number of aryl methyl sites for hydroxylation is 2. The SMILES string of the molecule is CCCNC(c1ccc(Cl)s1)c1cc(C)nn1CC. The molecule has 2 heterocycles. The highest BCUT2D eigenvalue weighted by molar-refractivity contribution is 7.16. The number of hydrogen-bond acceptors (Lipinski definition) is 3. The van der Waals surface area contributed by atoms with Gasteiger partial charge in [-0.3, -0.25) is 4.68 Å². The first-order chi connectivity index (χ1) is 9.15. The van der Waals surface area contributed by atoms with Gasteiger partial charge in [0.05, 0.1) is 21.8 Å². The topological polar surface area (TPSA) is 29.9 Å². The number of aromatic nitrogens is 2. The largest absolute Gasteiger partial charge is 0.304 e. The number of thiophene rings is 1. The Morgan fingerprint density at radius 2 is 2.21 bits per heavy atom. The maximum Gasteiger partial charge on any atom is 0.0931 e. The third kappa shape index (κ3) is 3.38. The Bertz CT molecular complexity index is 533. The molecule has 2 aromatic heterocycles. The summed E-state index contributed by atoms with van der Waals surface area (Å²) in [6, 6.07) is 6.40. The fourth-order valence-electron chi connectivity index (χ4n) is 2.17. The molecule has 0 aliphatic heterocycles. The average Bonchev–Trinajstić information content (AvgIpc) is 2.97. The second kappa shape index (κ2) is 6.55. The zero-order valence-corrected chi connectivity index (χ0v) is 13.2. The van der Waals surface area contributed by atoms with Crippen LogP contribution in [0.3, 0.4) is 0 Å². The van der Waals surface area contributed by atoms with E-state index >= 15 is 0 Å². The molecule has 2 rings (SSSR count). The molecule has 0 amide bonds. The molecule has 0 bridgehead atoms. The molecule has 5 heteroatoms. The lowest BCUT2D eigenvalue weighted by Gasteiger charge is -2.18. The van der Waals surface area contributed by atoms with Gasteiger partial charge < -0.3 is 5.32 Å². The zero-order valence-electron chi connectivity index (χ0n) is 11.6. The van der Waals surface area contributed by atoms with Crippen molar-refractivity contribution in [2.75, 3.05) is 6.54 Å². The second-order valence-electron chi connectivity index (χ2n) is 4.56. The monoisotopic (exact) mass is 297 g/mol. The lowest BCUT2D eigenvalue weighted by Crippen LogP contribution is -2.25. The van der Waals surface area contributed by atoms with Crippen molar-refractivity contribution in [3.8, 4) is 0 Å². The van der Waals surface area contributed by atoms with E-state index < -0.39 is 0 Å². The Morgan fingerprint density at radius 1 is 1.42 bits per heavy atom. The lowest BCUT2D eigenvalue weighted by molar-refractivity contribution is 0.533. The summed E-state index contributed by atoms with van der Waals surface area (Å²) in [5.41, 5.74) is 2.27. The standard InChI is InChI=1S/C14H20ClN3S/c1-4-8-16-14(12-6-7-13(15)19-12)11-9-10(3)17-18(11)5-2/h6-7,9,14,16H,4-5,8H2,1-3H3. The van der Waals surface area contributed by atoms with E-state index in [-0.39, 0.29) is 6.04 Å². The van der Waals surface area contributed by atoms with Crippen LogP contribution in [0.1, 0.15) is 42.6 Å². The Labute approximate surface area is 123 Å². The third-order valence-electron chi connectivity index (χ3n) is 3.01. The van der Waals surface area contributed by atoms with Crippen molar-refractivity contribution in [2.45, 2.75) is 39.8 Å². The highest BCUT2D eigenvalue weighted by atomic mass is 35.5. The number of nitrogens with one attached hydrogen (secondary N) is 1. The first-order valence-corrected chi connectivity index (χ1v) is 7.88. The summed E-state index contributed by atoms with van der Waals surface area (Å²) in [4.78, 5) is 1.24. The number of rotatable bonds is 6. The van der Waals surface area contributed by atoms with Gasteiger partial charge in [0.1, 0.15) is 0 Å². The average molecular weight is 298 g/mol. The molecule has 104 valence electrons. The minimum Gasteiger partial charge on any atom is -0.304 e. The summed E-state index contributed by atoms with van der Waals surface area (Å²) in [7, 11) is 0. The number of nitrogens with zero attached hydrogens (tertiary/aromatic N) is 2. The van der Waals surface area contributed by atoms with E-state index in [1.165, 1.54) is 10.6 Å². The summed E-state index contributed by atoms with van der Waals surface area (Å²) in [5.74, 6) is 0. The van der Waals surface area contributed by atoms with Crippen LogP contribution in [-0.2, 0) is 6.54 Å². The molecule has 1 N–H and O–H groups in total. The Kier molecular flexibility index (Phi) is 5.02. The molecule has 0 aliphatic carbocycles. The number of hydrogen-bond donors (Lipinski definition) is 1. The molecular weight excluding hydrogens is 278 g/mol. The van der Waals surface area contributed by atoms with Crippen molar-refractivity contribution in [1.29, 1.82) is 0 Å². The molecule has 2 aromatic rings. The maximum atomic E-state index is 6.07. The number of halogens is 1. The van der Waals surface area contributed by atoms with Gasteiger partial charge >= 0.3 is 0 Å². The minimum absolute atomic E-state index is 0.179. The van der Waals surface area contributed by atoms with Gasteiger partial charge in [-0.15, -0.1) is 11.3 Å². The van der Waals surface area contributed by atoms with Crippen LogP contribution in [0.15, 0.2) is 18.2 Å². The predicted molar refractivity (Wildman–Crippen MR) is 82.1 cm³/mol. The van der Waals surface area contributed by atoms with Gasteiger partial charge in [-0.2, -0.15) is 5.10 Å². The van der Waals surface area contributed by atoms with Gasteiger partial charge in [0.15, 0.2) is 0 Å². The lowest BCUT2D eigenvalue weighted by atomic mass is 10.1. The fraction of sp³-hybridized carbons (Fsp3) is 0.500. The zero-order chi connectivity index (χ0) is 13.8. The minimum atomic E-state index is 0.179. The van der Waals surface area contributed by atoms with Crippen LogP contribution in [0.2, 0.25) is 4.34 Å². The predicted octanol–water partition coefficient (Wildman–Crippen LogP) is 4.02. The van der Waals surface area contributed by atoms with Crippen LogP contribution in [0.4, 0.5) is 0 Å². The van der Waals surface area contributed by atoms with Crippen molar-refractivity contribution in [2.24, 2.45) is 0 Å². The highest BCUT2D eigenvalue weighted by Gasteiger charge is 2.20. The fourth-order valence-corrected chi connectivity index (χ4v) is 3.32. The van der Waals surface area contributed by atoms with Gasteiger partial charge in [0.25, 0.3) is 0 Å². The normalized spacial score (nSPS) is 12.8. The first-order valence-electron chi connectivity index (χ1n) is 6.68. The Hall–Kier alpha value is -0.840. The van der Waals surface area contributed by atoms with Crippen LogP contribution in [0, 0.1) is 6.92 Å². The van der Waals surface area contributed by atoms with Crippen LogP contribution < -0.4 is 5.32 Å².